The summed E-state index contributed by atoms with van der Waals surface area (Å²) in [6.07, 6.45) is 15.8. The van der Waals surface area contributed by atoms with Gasteiger partial charge in [0.2, 0.25) is 35.2 Å². The maximum atomic E-state index is 13.9. The zero-order valence-corrected chi connectivity index (χ0v) is 49.7. The first-order valence-corrected chi connectivity index (χ1v) is 29.6. The Morgan fingerprint density at radius 1 is 0.525 bits per heavy atom. The first kappa shape index (κ1) is 65.0. The number of nitrogens with zero attached hydrogens (tertiary/aromatic N) is 2. The highest BCUT2D eigenvalue weighted by atomic mass is 16.6. The predicted octanol–water partition coefficient (Wildman–Crippen LogP) is 6.49. The van der Waals surface area contributed by atoms with Crippen LogP contribution in [0, 0.1) is 34.5 Å². The largest absolute Gasteiger partial charge is 0.444 e. The number of amides is 8. The van der Waals surface area contributed by atoms with Crippen LogP contribution in [0.2, 0.25) is 0 Å². The van der Waals surface area contributed by atoms with E-state index < -0.39 is 94.8 Å². The number of fused-ring (bicyclic) bond motifs is 6. The van der Waals surface area contributed by atoms with Crippen LogP contribution in [0.1, 0.15) is 185 Å². The Morgan fingerprint density at radius 3 is 1.12 bits per heavy atom. The van der Waals surface area contributed by atoms with E-state index >= 15 is 0 Å². The molecule has 0 aromatic heterocycles. The van der Waals surface area contributed by atoms with Gasteiger partial charge in [-0.1, -0.05) is 130 Å². The molecule has 20 heteroatoms. The molecule has 6 aliphatic rings. The number of carbonyl (C=O) groups excluding carboxylic acids is 10. The summed E-state index contributed by atoms with van der Waals surface area (Å²) in [5.74, 6) is -4.23. The summed E-state index contributed by atoms with van der Waals surface area (Å²) in [6.45, 7) is 27.1. The Balaban J connectivity index is 0.000000294. The fourth-order valence-corrected chi connectivity index (χ4v) is 12.5. The van der Waals surface area contributed by atoms with Gasteiger partial charge in [0, 0.05) is 26.2 Å². The van der Waals surface area contributed by atoms with Crippen molar-refractivity contribution in [1.82, 2.24) is 41.7 Å². The summed E-state index contributed by atoms with van der Waals surface area (Å²) in [5.41, 5.74) is -1.69. The zero-order valence-electron chi connectivity index (χ0n) is 49.7. The van der Waals surface area contributed by atoms with E-state index in [1.807, 2.05) is 0 Å². The molecule has 4 saturated heterocycles. The van der Waals surface area contributed by atoms with E-state index in [1.54, 1.807) is 51.3 Å². The van der Waals surface area contributed by atoms with Crippen molar-refractivity contribution in [2.24, 2.45) is 34.5 Å². The maximum absolute atomic E-state index is 13.9. The van der Waals surface area contributed by atoms with Crippen LogP contribution >= 0.6 is 0 Å². The van der Waals surface area contributed by atoms with Gasteiger partial charge in [-0.3, -0.25) is 38.4 Å². The molecular formula is C60H96N8O12. The highest BCUT2D eigenvalue weighted by Gasteiger charge is 2.71. The zero-order chi connectivity index (χ0) is 59.3. The Bertz CT molecular complexity index is 2130. The molecule has 0 radical (unpaired) electrons. The highest BCUT2D eigenvalue weighted by molar-refractivity contribution is 6.39. The molecule has 6 rings (SSSR count). The van der Waals surface area contributed by atoms with Crippen molar-refractivity contribution in [3.8, 4) is 0 Å². The fraction of sp³-hybridized carbons (Fsp3) is 0.767. The van der Waals surface area contributed by atoms with E-state index in [2.05, 4.69) is 72.8 Å². The number of Topliss-reactive ketones (excluding diaryl/α,β-unsaturated/α-hetero) is 2. The van der Waals surface area contributed by atoms with Crippen molar-refractivity contribution in [3.63, 3.8) is 0 Å². The van der Waals surface area contributed by atoms with Crippen molar-refractivity contribution < 1.29 is 57.4 Å². The summed E-state index contributed by atoms with van der Waals surface area (Å²) in [6, 6.07) is -5.15. The normalized spacial score (nSPS) is 29.3. The lowest BCUT2D eigenvalue weighted by atomic mass is 9.96. The van der Waals surface area contributed by atoms with Gasteiger partial charge in [0.05, 0.1) is 12.1 Å². The number of nitrogens with one attached hydrogen (secondary N) is 6. The van der Waals surface area contributed by atoms with Gasteiger partial charge in [0.15, 0.2) is 0 Å². The predicted molar refractivity (Wildman–Crippen MR) is 302 cm³/mol. The molecule has 4 heterocycles. The quantitative estimate of drug-likeness (QED) is 0.101. The minimum atomic E-state index is -0.973. The average Bonchev–Trinajstić information content (AvgIpc) is 3.81. The van der Waals surface area contributed by atoms with Gasteiger partial charge in [-0.25, -0.2) is 9.59 Å². The standard InChI is InChI=1S/2C30H48N4O6/c2*1-7-17-31-26(37)24(35)20-15-13-11-9-8-10-12-14-16-21(33-28(39)40-29(2,3)4)27(38)34-18-19-22(30(19,5)6)23(34)25(36)32-20/h2*7,19-23H,1,8-18H2,2-6H3,(H,31,37)(H,32,36)(H,33,39)/t2*19-,20-,21-,22-,23-/m00/s1. The van der Waals surface area contributed by atoms with Crippen LogP contribution in [0.15, 0.2) is 25.3 Å². The van der Waals surface area contributed by atoms with E-state index in [-0.39, 0.29) is 59.4 Å². The topological polar surface area (TPSA) is 268 Å². The van der Waals surface area contributed by atoms with Crippen molar-refractivity contribution in [1.29, 1.82) is 0 Å². The number of hydrogen-bond acceptors (Lipinski definition) is 12. The molecule has 0 unspecified atom stereocenters. The summed E-state index contributed by atoms with van der Waals surface area (Å²) < 4.78 is 10.9. The third-order valence-electron chi connectivity index (χ3n) is 17.0. The summed E-state index contributed by atoms with van der Waals surface area (Å²) in [5, 5.41) is 16.3. The maximum Gasteiger partial charge on any atom is 0.408 e. The van der Waals surface area contributed by atoms with Crippen LogP contribution in [0.4, 0.5) is 9.59 Å². The van der Waals surface area contributed by atoms with Gasteiger partial charge in [0.1, 0.15) is 35.4 Å². The number of alkyl carbamates (subject to hydrolysis) is 2. The Morgan fingerprint density at radius 2 is 0.825 bits per heavy atom. The summed E-state index contributed by atoms with van der Waals surface area (Å²) >= 11 is 0. The molecule has 0 bridgehead atoms. The van der Waals surface area contributed by atoms with Crippen molar-refractivity contribution >= 4 is 59.2 Å². The molecule has 0 aromatic rings. The molecule has 2 saturated carbocycles. The van der Waals surface area contributed by atoms with Gasteiger partial charge >= 0.3 is 12.2 Å². The second kappa shape index (κ2) is 28.2. The number of ether oxygens (including phenoxy) is 2. The number of rotatable bonds is 10. The van der Waals surface area contributed by atoms with E-state index in [4.69, 9.17) is 9.47 Å². The van der Waals surface area contributed by atoms with Crippen molar-refractivity contribution in [2.75, 3.05) is 26.2 Å². The lowest BCUT2D eigenvalue weighted by molar-refractivity contribution is -0.144. The highest BCUT2D eigenvalue weighted by Crippen LogP contribution is 2.66. The molecule has 80 heavy (non-hydrogen) atoms. The van der Waals surface area contributed by atoms with Crippen molar-refractivity contribution in [2.45, 2.75) is 232 Å². The molecule has 448 valence electrons. The molecule has 8 amide bonds. The summed E-state index contributed by atoms with van der Waals surface area (Å²) in [7, 11) is 0. The molecule has 0 aromatic carbocycles. The van der Waals surface area contributed by atoms with E-state index in [0.29, 0.717) is 51.6 Å². The molecule has 6 fully saturated rings. The molecule has 20 nitrogen and oxygen atoms in total. The average molecular weight is 1120 g/mol. The lowest BCUT2D eigenvalue weighted by Gasteiger charge is -2.34. The van der Waals surface area contributed by atoms with Crippen LogP contribution in [0.5, 0.6) is 0 Å². The number of ketones is 2. The minimum absolute atomic E-state index is 0.0668. The lowest BCUT2D eigenvalue weighted by Crippen LogP contribution is -2.58. The van der Waals surface area contributed by atoms with Crippen LogP contribution < -0.4 is 31.9 Å². The monoisotopic (exact) mass is 1120 g/mol. The van der Waals surface area contributed by atoms with E-state index in [1.165, 1.54) is 12.2 Å². The first-order chi connectivity index (χ1) is 37.5. The molecule has 6 N–H and O–H groups in total. The van der Waals surface area contributed by atoms with Crippen LogP contribution in [-0.2, 0) is 47.8 Å². The van der Waals surface area contributed by atoms with E-state index in [9.17, 15) is 47.9 Å². The molecule has 10 atom stereocenters. The van der Waals surface area contributed by atoms with Crippen LogP contribution in [0.25, 0.3) is 0 Å². The van der Waals surface area contributed by atoms with Gasteiger partial charge in [0.25, 0.3) is 11.8 Å². The van der Waals surface area contributed by atoms with Crippen LogP contribution in [-0.4, -0.2) is 143 Å². The molecule has 4 aliphatic heterocycles. The molecule has 0 spiro atoms. The first-order valence-electron chi connectivity index (χ1n) is 29.6. The van der Waals surface area contributed by atoms with Gasteiger partial charge < -0.3 is 51.2 Å². The Kier molecular flexibility index (Phi) is 22.9. The number of carbonyl (C=O) groups is 10. The minimum Gasteiger partial charge on any atom is -0.444 e. The molecular weight excluding hydrogens is 1020 g/mol. The summed E-state index contributed by atoms with van der Waals surface area (Å²) in [4.78, 5) is 135. The second-order valence-corrected chi connectivity index (χ2v) is 26.1. The van der Waals surface area contributed by atoms with Gasteiger partial charge in [-0.2, -0.15) is 0 Å². The SMILES string of the molecule is C=CCNC(=O)C(=O)[C@@H]1CCCCCCCCC[C@H](NC(=O)OC(C)(C)C)C(=O)N2C[C@H]3[C@@H]([C@H]2C(=O)N1)C3(C)C.C=CCNC(=O)C(=O)[C@@H]1CCCCCCCCC[C@H](NC(=O)OC(C)(C)C)C(=O)N2C[C@H]3[C@@H]([C@H]2C(=O)N1)C3(C)C. The Labute approximate surface area is 475 Å². The van der Waals surface area contributed by atoms with Gasteiger partial charge in [-0.05, 0) is 102 Å². The fourth-order valence-electron chi connectivity index (χ4n) is 12.5. The van der Waals surface area contributed by atoms with Crippen molar-refractivity contribution in [3.05, 3.63) is 25.3 Å². The third kappa shape index (κ3) is 17.6. The number of hydrogen-bond donors (Lipinski definition) is 6. The molecule has 2 aliphatic carbocycles. The van der Waals surface area contributed by atoms with Crippen LogP contribution in [0.3, 0.4) is 0 Å². The third-order valence-corrected chi connectivity index (χ3v) is 17.0. The Hall–Kier alpha value is -5.82. The van der Waals surface area contributed by atoms with E-state index in [0.717, 1.165) is 77.0 Å². The number of piperidine rings is 2. The van der Waals surface area contributed by atoms with Gasteiger partial charge in [-0.15, -0.1) is 13.2 Å². The second-order valence-electron chi connectivity index (χ2n) is 26.1. The smallest absolute Gasteiger partial charge is 0.408 e.